The van der Waals surface area contributed by atoms with Crippen LogP contribution in [-0.2, 0) is 22.6 Å². The minimum absolute atomic E-state index is 0. The number of hydrogen-bond donors (Lipinski definition) is 1. The first-order valence-corrected chi connectivity index (χ1v) is 8.29. The predicted octanol–water partition coefficient (Wildman–Crippen LogP) is -2.17. The van der Waals surface area contributed by atoms with Crippen molar-refractivity contribution in [3.63, 3.8) is 0 Å². The van der Waals surface area contributed by atoms with Gasteiger partial charge in [-0.05, 0) is 12.1 Å². The maximum atomic E-state index is 11.9. The molecule has 0 unspecified atom stereocenters. The fourth-order valence-corrected chi connectivity index (χ4v) is 3.07. The van der Waals surface area contributed by atoms with Crippen molar-refractivity contribution in [1.82, 2.24) is 9.47 Å². The van der Waals surface area contributed by atoms with Crippen LogP contribution in [-0.4, -0.2) is 48.1 Å². The zero-order valence-electron chi connectivity index (χ0n) is 14.1. The Bertz CT molecular complexity index is 695. The molecule has 1 aliphatic heterocycles. The van der Waals surface area contributed by atoms with Gasteiger partial charge in [-0.25, -0.2) is 9.13 Å². The van der Waals surface area contributed by atoms with Crippen molar-refractivity contribution in [3.8, 4) is 0 Å². The van der Waals surface area contributed by atoms with Gasteiger partial charge in [-0.3, -0.25) is 15.4 Å². The molecule has 0 saturated carbocycles. The second kappa shape index (κ2) is 8.60. The highest BCUT2D eigenvalue weighted by Crippen LogP contribution is 2.16. The number of rotatable bonds is 6. The number of halogens is 1. The van der Waals surface area contributed by atoms with Crippen LogP contribution in [0.15, 0.2) is 24.3 Å². The summed E-state index contributed by atoms with van der Waals surface area (Å²) in [7, 11) is 0. The number of morpholine rings is 1. The minimum atomic E-state index is 0. The fraction of sp³-hybridized carbons (Fsp3) is 0.529. The average Bonchev–Trinajstić information content (AvgIpc) is 2.86. The number of ketones is 1. The molecule has 0 atom stereocenters. The van der Waals surface area contributed by atoms with Gasteiger partial charge in [-0.2, -0.15) is 0 Å². The zero-order valence-corrected chi connectivity index (χ0v) is 15.7. The lowest BCUT2D eigenvalue weighted by Gasteiger charge is -2.25. The van der Waals surface area contributed by atoms with Gasteiger partial charge in [0.25, 0.3) is 0 Å². The molecule has 6 nitrogen and oxygen atoms in total. The van der Waals surface area contributed by atoms with Crippen LogP contribution in [0.4, 0.5) is 5.95 Å². The second-order valence-electron chi connectivity index (χ2n) is 5.93. The molecule has 0 bridgehead atoms. The van der Waals surface area contributed by atoms with Gasteiger partial charge < -0.3 is 21.7 Å². The Morgan fingerprint density at radius 1 is 1.25 bits per heavy atom. The van der Waals surface area contributed by atoms with Crippen molar-refractivity contribution in [2.24, 2.45) is 0 Å². The standard InChI is InChI=1S/C17H24N4O2.BrH/c1-2-14(22)13-21-16-6-4-3-5-15(16)20(17(21)18)8-7-19-9-11-23-12-10-19;/h3-6,18H,2,7-13H2,1H3;1H. The number of imidazole rings is 1. The number of carbonyl (C=O) groups is 1. The van der Waals surface area contributed by atoms with E-state index in [0.29, 0.717) is 18.9 Å². The number of para-hydroxylation sites is 2. The van der Waals surface area contributed by atoms with Crippen LogP contribution >= 0.6 is 0 Å². The Balaban J connectivity index is 0.00000208. The van der Waals surface area contributed by atoms with E-state index in [1.54, 1.807) is 0 Å². The zero-order chi connectivity index (χ0) is 16.2. The average molecular weight is 397 g/mol. The van der Waals surface area contributed by atoms with E-state index in [2.05, 4.69) is 15.5 Å². The molecule has 1 aliphatic rings. The Morgan fingerprint density at radius 2 is 1.96 bits per heavy atom. The van der Waals surface area contributed by atoms with Gasteiger partial charge in [0.2, 0.25) is 0 Å². The van der Waals surface area contributed by atoms with Gasteiger partial charge in [0.15, 0.2) is 5.78 Å². The van der Waals surface area contributed by atoms with Gasteiger partial charge in [-0.15, -0.1) is 0 Å². The van der Waals surface area contributed by atoms with E-state index >= 15 is 0 Å². The van der Waals surface area contributed by atoms with Crippen molar-refractivity contribution in [3.05, 3.63) is 24.3 Å². The third-order valence-corrected chi connectivity index (χ3v) is 4.49. The molecule has 2 aromatic rings. The molecule has 7 heteroatoms. The number of carbonyl (C=O) groups excluding carboxylic acids is 1. The van der Waals surface area contributed by atoms with Gasteiger partial charge >= 0.3 is 5.95 Å². The first-order chi connectivity index (χ1) is 11.2. The third-order valence-electron chi connectivity index (χ3n) is 4.49. The Morgan fingerprint density at radius 3 is 2.67 bits per heavy atom. The summed E-state index contributed by atoms with van der Waals surface area (Å²) in [5.74, 6) is 0.846. The number of nitrogens with zero attached hydrogens (tertiary/aromatic N) is 3. The van der Waals surface area contributed by atoms with Gasteiger partial charge in [0.05, 0.1) is 19.8 Å². The number of ether oxygens (including phenoxy) is 1. The molecule has 1 aromatic heterocycles. The largest absolute Gasteiger partial charge is 1.00 e. The molecule has 2 heterocycles. The molecule has 0 amide bonds. The lowest BCUT2D eigenvalue weighted by atomic mass is 10.3. The van der Waals surface area contributed by atoms with E-state index in [0.717, 1.165) is 50.4 Å². The maximum absolute atomic E-state index is 11.9. The highest BCUT2D eigenvalue weighted by molar-refractivity contribution is 5.78. The minimum Gasteiger partial charge on any atom is -1.00 e. The Hall–Kier alpha value is -1.44. The highest BCUT2D eigenvalue weighted by atomic mass is 79.9. The second-order valence-corrected chi connectivity index (χ2v) is 5.93. The topological polar surface area (TPSA) is 64.4 Å². The van der Waals surface area contributed by atoms with E-state index in [1.165, 1.54) is 0 Å². The number of aromatic nitrogens is 2. The van der Waals surface area contributed by atoms with Crippen LogP contribution in [0, 0.1) is 0 Å². The number of hydrogen-bond acceptors (Lipinski definition) is 4. The summed E-state index contributed by atoms with van der Waals surface area (Å²) in [5, 5.41) is 0. The quantitative estimate of drug-likeness (QED) is 0.564. The van der Waals surface area contributed by atoms with Crippen molar-refractivity contribution >= 4 is 22.8 Å². The summed E-state index contributed by atoms with van der Waals surface area (Å²) in [6.07, 6.45) is 0.528. The Kier molecular flexibility index (Phi) is 6.77. The first kappa shape index (κ1) is 18.9. The van der Waals surface area contributed by atoms with Gasteiger partial charge in [-0.1, -0.05) is 19.1 Å². The van der Waals surface area contributed by atoms with Gasteiger partial charge in [0, 0.05) is 26.1 Å². The van der Waals surface area contributed by atoms with Crippen LogP contribution in [0.25, 0.3) is 11.0 Å². The first-order valence-electron chi connectivity index (χ1n) is 8.29. The smallest absolute Gasteiger partial charge is 0.356 e. The lowest BCUT2D eigenvalue weighted by Crippen LogP contribution is -3.00. The van der Waals surface area contributed by atoms with E-state index in [-0.39, 0.29) is 22.8 Å². The van der Waals surface area contributed by atoms with Crippen LogP contribution in [0.5, 0.6) is 0 Å². The van der Waals surface area contributed by atoms with Crippen molar-refractivity contribution in [2.45, 2.75) is 26.4 Å². The summed E-state index contributed by atoms with van der Waals surface area (Å²) in [4.78, 5) is 14.3. The molecule has 1 fully saturated rings. The summed E-state index contributed by atoms with van der Waals surface area (Å²) in [6.45, 7) is 7.51. The molecule has 1 saturated heterocycles. The third kappa shape index (κ3) is 3.96. The van der Waals surface area contributed by atoms with Crippen molar-refractivity contribution in [2.75, 3.05) is 38.6 Å². The van der Waals surface area contributed by atoms with Crippen LogP contribution in [0.3, 0.4) is 0 Å². The van der Waals surface area contributed by atoms with Crippen LogP contribution in [0.2, 0.25) is 0 Å². The molecular weight excluding hydrogens is 372 g/mol. The van der Waals surface area contributed by atoms with E-state index in [9.17, 15) is 4.79 Å². The fourth-order valence-electron chi connectivity index (χ4n) is 3.07. The predicted molar refractivity (Wildman–Crippen MR) is 89.1 cm³/mol. The van der Waals surface area contributed by atoms with Gasteiger partial charge in [0.1, 0.15) is 17.6 Å². The molecule has 24 heavy (non-hydrogen) atoms. The SMILES string of the molecule is CCC(=O)C[n+]1c(N)n(CCN2CCOCC2)c2ccccc21.[Br-]. The summed E-state index contributed by atoms with van der Waals surface area (Å²) in [6, 6.07) is 8.10. The molecule has 2 N–H and O–H groups in total. The monoisotopic (exact) mass is 396 g/mol. The normalized spacial score (nSPS) is 15.4. The van der Waals surface area contributed by atoms with E-state index in [4.69, 9.17) is 10.5 Å². The summed E-state index contributed by atoms with van der Waals surface area (Å²) < 4.78 is 9.44. The summed E-state index contributed by atoms with van der Waals surface area (Å²) in [5.41, 5.74) is 8.47. The molecule has 0 spiro atoms. The highest BCUT2D eigenvalue weighted by Gasteiger charge is 2.22. The van der Waals surface area contributed by atoms with E-state index in [1.807, 2.05) is 29.7 Å². The maximum Gasteiger partial charge on any atom is 0.356 e. The van der Waals surface area contributed by atoms with Crippen molar-refractivity contribution < 1.29 is 31.1 Å². The molecule has 0 aliphatic carbocycles. The van der Waals surface area contributed by atoms with E-state index < -0.39 is 0 Å². The molecule has 132 valence electrons. The molecule has 0 radical (unpaired) electrons. The number of Topliss-reactive ketones (excluding diaryl/α,β-unsaturated/α-hetero) is 1. The number of nitrogens with two attached hydrogens (primary N) is 1. The van der Waals surface area contributed by atoms with Crippen LogP contribution in [0.1, 0.15) is 13.3 Å². The van der Waals surface area contributed by atoms with Crippen LogP contribution < -0.4 is 27.3 Å². The number of benzene rings is 1. The molecule has 3 rings (SSSR count). The number of anilines is 1. The van der Waals surface area contributed by atoms with Crippen molar-refractivity contribution in [1.29, 1.82) is 0 Å². The number of fused-ring (bicyclic) bond motifs is 1. The molecular formula is C17H25BrN4O2. The molecule has 1 aromatic carbocycles. The Labute approximate surface area is 152 Å². The number of nitrogen functional groups attached to an aromatic ring is 1. The summed E-state index contributed by atoms with van der Waals surface area (Å²) >= 11 is 0. The lowest BCUT2D eigenvalue weighted by molar-refractivity contribution is -0.644.